The van der Waals surface area contributed by atoms with Gasteiger partial charge in [0.25, 0.3) is 5.91 Å². The first-order valence-corrected chi connectivity index (χ1v) is 7.29. The average Bonchev–Trinajstić information content (AvgIpc) is 2.35. The van der Waals surface area contributed by atoms with Gasteiger partial charge in [-0.3, -0.25) is 9.59 Å². The number of carbonyl (C=O) groups excluding carboxylic acids is 1. The van der Waals surface area contributed by atoms with Gasteiger partial charge in [-0.2, -0.15) is 0 Å². The molecule has 4 nitrogen and oxygen atoms in total. The zero-order chi connectivity index (χ0) is 14.4. The van der Waals surface area contributed by atoms with E-state index in [4.69, 9.17) is 16.7 Å². The molecule has 0 saturated carbocycles. The van der Waals surface area contributed by atoms with E-state index in [0.29, 0.717) is 17.1 Å². The van der Waals surface area contributed by atoms with Gasteiger partial charge < -0.3 is 10.0 Å². The van der Waals surface area contributed by atoms with E-state index < -0.39 is 5.97 Å². The van der Waals surface area contributed by atoms with E-state index in [1.54, 1.807) is 25.1 Å². The molecule has 1 N–H and O–H groups in total. The van der Waals surface area contributed by atoms with Crippen molar-refractivity contribution in [2.75, 3.05) is 18.8 Å². The van der Waals surface area contributed by atoms with E-state index in [1.165, 1.54) is 16.7 Å². The topological polar surface area (TPSA) is 57.6 Å². The normalized spacial score (nSPS) is 10.3. The monoisotopic (exact) mass is 301 g/mol. The van der Waals surface area contributed by atoms with Crippen molar-refractivity contribution in [3.63, 3.8) is 0 Å². The summed E-state index contributed by atoms with van der Waals surface area (Å²) in [6.07, 6.45) is 0. The van der Waals surface area contributed by atoms with Crippen molar-refractivity contribution in [2.24, 2.45) is 0 Å². The third-order valence-electron chi connectivity index (χ3n) is 2.47. The Balaban J connectivity index is 3.06. The SMILES string of the molecule is CCSc1cc(Cl)ccc1C(=O)N(CC)CC(=O)O. The quantitative estimate of drug-likeness (QED) is 0.821. The third-order valence-corrected chi connectivity index (χ3v) is 3.64. The summed E-state index contributed by atoms with van der Waals surface area (Å²) in [6.45, 7) is 3.79. The average molecular weight is 302 g/mol. The van der Waals surface area contributed by atoms with E-state index >= 15 is 0 Å². The fraction of sp³-hybridized carbons (Fsp3) is 0.385. The molecule has 0 spiro atoms. The molecule has 19 heavy (non-hydrogen) atoms. The molecule has 1 amide bonds. The van der Waals surface area contributed by atoms with Gasteiger partial charge in [-0.05, 0) is 30.9 Å². The van der Waals surface area contributed by atoms with Crippen LogP contribution in [0.1, 0.15) is 24.2 Å². The molecule has 1 aromatic carbocycles. The molecule has 0 saturated heterocycles. The van der Waals surface area contributed by atoms with Crippen LogP contribution in [-0.4, -0.2) is 40.7 Å². The van der Waals surface area contributed by atoms with Crippen molar-refractivity contribution in [2.45, 2.75) is 18.7 Å². The van der Waals surface area contributed by atoms with Gasteiger partial charge in [-0.25, -0.2) is 0 Å². The smallest absolute Gasteiger partial charge is 0.323 e. The van der Waals surface area contributed by atoms with Crippen molar-refractivity contribution in [1.29, 1.82) is 0 Å². The molecular formula is C13H16ClNO3S. The number of nitrogens with zero attached hydrogens (tertiary/aromatic N) is 1. The third kappa shape index (κ3) is 4.44. The summed E-state index contributed by atoms with van der Waals surface area (Å²) < 4.78 is 0. The molecule has 0 fully saturated rings. The minimum Gasteiger partial charge on any atom is -0.480 e. The summed E-state index contributed by atoms with van der Waals surface area (Å²) in [7, 11) is 0. The second-order valence-corrected chi connectivity index (χ2v) is 5.53. The summed E-state index contributed by atoms with van der Waals surface area (Å²) in [6, 6.07) is 5.02. The zero-order valence-corrected chi connectivity index (χ0v) is 12.4. The number of carbonyl (C=O) groups is 2. The Morgan fingerprint density at radius 2 is 2.05 bits per heavy atom. The Bertz CT molecular complexity index is 479. The van der Waals surface area contributed by atoms with E-state index in [0.717, 1.165) is 10.6 Å². The highest BCUT2D eigenvalue weighted by molar-refractivity contribution is 7.99. The largest absolute Gasteiger partial charge is 0.480 e. The van der Waals surface area contributed by atoms with Gasteiger partial charge >= 0.3 is 5.97 Å². The fourth-order valence-electron chi connectivity index (χ4n) is 1.61. The molecule has 0 aromatic heterocycles. The minimum atomic E-state index is -1.02. The van der Waals surface area contributed by atoms with Crippen molar-refractivity contribution >= 4 is 35.2 Å². The Morgan fingerprint density at radius 3 is 2.58 bits per heavy atom. The van der Waals surface area contributed by atoms with Crippen LogP contribution < -0.4 is 0 Å². The van der Waals surface area contributed by atoms with Crippen LogP contribution in [0.4, 0.5) is 0 Å². The number of hydrogen-bond acceptors (Lipinski definition) is 3. The Labute approximate surface area is 121 Å². The Kier molecular flexibility index (Phi) is 6.18. The van der Waals surface area contributed by atoms with Gasteiger partial charge in [0, 0.05) is 16.5 Å². The van der Waals surface area contributed by atoms with Gasteiger partial charge in [0.05, 0.1) is 5.56 Å². The number of halogens is 1. The lowest BCUT2D eigenvalue weighted by atomic mass is 10.2. The van der Waals surface area contributed by atoms with Crippen molar-refractivity contribution in [1.82, 2.24) is 4.90 Å². The molecule has 0 radical (unpaired) electrons. The molecule has 0 heterocycles. The summed E-state index contributed by atoms with van der Waals surface area (Å²) >= 11 is 7.43. The van der Waals surface area contributed by atoms with Crippen LogP contribution in [0.5, 0.6) is 0 Å². The molecule has 0 atom stereocenters. The highest BCUT2D eigenvalue weighted by atomic mass is 35.5. The van der Waals surface area contributed by atoms with Gasteiger partial charge in [-0.15, -0.1) is 11.8 Å². The Hall–Kier alpha value is -1.20. The molecular weight excluding hydrogens is 286 g/mol. The number of thioether (sulfide) groups is 1. The molecule has 1 rings (SSSR count). The second kappa shape index (κ2) is 7.40. The highest BCUT2D eigenvalue weighted by Gasteiger charge is 2.19. The lowest BCUT2D eigenvalue weighted by Crippen LogP contribution is -2.35. The predicted molar refractivity (Wildman–Crippen MR) is 77.1 cm³/mol. The van der Waals surface area contributed by atoms with Crippen LogP contribution in [0, 0.1) is 0 Å². The molecule has 0 aliphatic heterocycles. The predicted octanol–water partition coefficient (Wildman–Crippen LogP) is 3.00. The fourth-order valence-corrected chi connectivity index (χ4v) is 2.68. The van der Waals surface area contributed by atoms with E-state index in [9.17, 15) is 9.59 Å². The minimum absolute atomic E-state index is 0.280. The maximum Gasteiger partial charge on any atom is 0.323 e. The first kappa shape index (κ1) is 15.9. The van der Waals surface area contributed by atoms with E-state index in [1.807, 2.05) is 6.92 Å². The second-order valence-electron chi connectivity index (χ2n) is 3.79. The maximum absolute atomic E-state index is 12.3. The van der Waals surface area contributed by atoms with Crippen LogP contribution >= 0.6 is 23.4 Å². The van der Waals surface area contributed by atoms with E-state index in [2.05, 4.69) is 0 Å². The first-order chi connectivity index (χ1) is 8.99. The lowest BCUT2D eigenvalue weighted by Gasteiger charge is -2.20. The van der Waals surface area contributed by atoms with Crippen molar-refractivity contribution < 1.29 is 14.7 Å². The molecule has 0 aliphatic rings. The number of rotatable bonds is 6. The highest BCUT2D eigenvalue weighted by Crippen LogP contribution is 2.27. The Morgan fingerprint density at radius 1 is 1.37 bits per heavy atom. The number of likely N-dealkylation sites (N-methyl/N-ethyl adjacent to an activating group) is 1. The lowest BCUT2D eigenvalue weighted by molar-refractivity contribution is -0.137. The van der Waals surface area contributed by atoms with Crippen LogP contribution in [0.25, 0.3) is 0 Å². The molecule has 0 unspecified atom stereocenters. The maximum atomic E-state index is 12.3. The molecule has 0 aliphatic carbocycles. The van der Waals surface area contributed by atoms with Crippen molar-refractivity contribution in [3.05, 3.63) is 28.8 Å². The number of hydrogen-bond donors (Lipinski definition) is 1. The summed E-state index contributed by atoms with van der Waals surface area (Å²) in [5, 5.41) is 9.37. The standard InChI is InChI=1S/C13H16ClNO3S/c1-3-15(8-12(16)17)13(18)10-6-5-9(14)7-11(10)19-4-2/h5-7H,3-4,8H2,1-2H3,(H,16,17). The van der Waals surface area contributed by atoms with Gasteiger partial charge in [-0.1, -0.05) is 18.5 Å². The number of aliphatic carboxylic acids is 1. The molecule has 1 aromatic rings. The number of carboxylic acids is 1. The zero-order valence-electron chi connectivity index (χ0n) is 10.9. The summed E-state index contributed by atoms with van der Waals surface area (Å²) in [5.41, 5.74) is 0.499. The summed E-state index contributed by atoms with van der Waals surface area (Å²) in [5.74, 6) is -0.488. The molecule has 6 heteroatoms. The van der Waals surface area contributed by atoms with Crippen molar-refractivity contribution in [3.8, 4) is 0 Å². The number of amides is 1. The molecule has 0 bridgehead atoms. The molecule has 104 valence electrons. The first-order valence-electron chi connectivity index (χ1n) is 5.93. The summed E-state index contributed by atoms with van der Waals surface area (Å²) in [4.78, 5) is 25.2. The van der Waals surface area contributed by atoms with E-state index in [-0.39, 0.29) is 12.5 Å². The van der Waals surface area contributed by atoms with Crippen LogP contribution in [0.2, 0.25) is 5.02 Å². The number of benzene rings is 1. The van der Waals surface area contributed by atoms with Gasteiger partial charge in [0.15, 0.2) is 0 Å². The number of carboxylic acid groups (broad SMARTS) is 1. The van der Waals surface area contributed by atoms with Crippen LogP contribution in [-0.2, 0) is 4.79 Å². The van der Waals surface area contributed by atoms with Gasteiger partial charge in [0.1, 0.15) is 6.54 Å². The van der Waals surface area contributed by atoms with Gasteiger partial charge in [0.2, 0.25) is 0 Å². The van der Waals surface area contributed by atoms with Crippen LogP contribution in [0.3, 0.4) is 0 Å². The van der Waals surface area contributed by atoms with Crippen LogP contribution in [0.15, 0.2) is 23.1 Å².